The maximum Gasteiger partial charge on any atom is 0.372 e. The molecule has 0 atom stereocenters. The summed E-state index contributed by atoms with van der Waals surface area (Å²) in [6, 6.07) is 3.04. The molecule has 0 aliphatic heterocycles. The zero-order chi connectivity index (χ0) is 11.4. The molecular weight excluding hydrogens is 220 g/mol. The van der Waals surface area contributed by atoms with Crippen molar-refractivity contribution in [2.24, 2.45) is 0 Å². The number of hydrogen-bond donors (Lipinski definition) is 1. The van der Waals surface area contributed by atoms with Gasteiger partial charge in [0.1, 0.15) is 4.88 Å². The van der Waals surface area contributed by atoms with Gasteiger partial charge in [-0.1, -0.05) is 0 Å². The molecule has 80 valence electrons. The molecule has 0 aliphatic rings. The highest BCUT2D eigenvalue weighted by molar-refractivity contribution is 7.14. The lowest BCUT2D eigenvalue weighted by Gasteiger charge is -1.93. The number of esters is 1. The fourth-order valence-corrected chi connectivity index (χ4v) is 1.84. The Hall–Kier alpha value is -1.69. The van der Waals surface area contributed by atoms with E-state index in [1.54, 1.807) is 0 Å². The molecule has 1 rings (SSSR count). The lowest BCUT2D eigenvalue weighted by Crippen LogP contribution is -2.14. The Morgan fingerprint density at radius 3 is 2.60 bits per heavy atom. The zero-order valence-electron chi connectivity index (χ0n) is 7.85. The fourth-order valence-electron chi connectivity index (χ4n) is 0.917. The van der Waals surface area contributed by atoms with Gasteiger partial charge < -0.3 is 9.84 Å². The molecule has 15 heavy (non-hydrogen) atoms. The number of hydrogen-bond acceptors (Lipinski definition) is 5. The Bertz CT molecular complexity index is 406. The van der Waals surface area contributed by atoms with Gasteiger partial charge in [-0.05, 0) is 12.1 Å². The molecule has 0 saturated heterocycles. The van der Waals surface area contributed by atoms with E-state index < -0.39 is 17.7 Å². The molecule has 0 aromatic carbocycles. The molecule has 0 amide bonds. The molecule has 1 aromatic heterocycles. The van der Waals surface area contributed by atoms with Gasteiger partial charge in [-0.15, -0.1) is 11.3 Å². The van der Waals surface area contributed by atoms with E-state index >= 15 is 0 Å². The van der Waals surface area contributed by atoms with E-state index in [-0.39, 0.29) is 6.42 Å². The number of thiophene rings is 1. The third-order valence-electron chi connectivity index (χ3n) is 1.62. The summed E-state index contributed by atoms with van der Waals surface area (Å²) in [5.74, 6) is -2.86. The summed E-state index contributed by atoms with van der Waals surface area (Å²) in [6.07, 6.45) is -0.197. The van der Waals surface area contributed by atoms with Crippen LogP contribution in [-0.2, 0) is 20.7 Å². The Labute approximate surface area is 89.3 Å². The third kappa shape index (κ3) is 2.88. The second kappa shape index (κ2) is 4.70. The van der Waals surface area contributed by atoms with E-state index in [4.69, 9.17) is 5.11 Å². The minimum absolute atomic E-state index is 0.197. The molecule has 0 fully saturated rings. The van der Waals surface area contributed by atoms with Gasteiger partial charge in [-0.3, -0.25) is 4.79 Å². The van der Waals surface area contributed by atoms with Crippen molar-refractivity contribution in [3.8, 4) is 0 Å². The normalized spacial score (nSPS) is 9.67. The Balaban J connectivity index is 2.73. The van der Waals surface area contributed by atoms with Crippen LogP contribution in [0.1, 0.15) is 14.5 Å². The first-order valence-electron chi connectivity index (χ1n) is 3.97. The molecule has 6 heteroatoms. The van der Waals surface area contributed by atoms with Gasteiger partial charge in [0.25, 0.3) is 0 Å². The predicted octanol–water partition coefficient (Wildman–Crippen LogP) is 0.731. The number of carboxylic acids is 1. The summed E-state index contributed by atoms with van der Waals surface area (Å²) in [5.41, 5.74) is 0. The van der Waals surface area contributed by atoms with E-state index in [2.05, 4.69) is 4.74 Å². The number of aliphatic carboxylic acids is 1. The number of carbonyl (C=O) groups is 3. The monoisotopic (exact) mass is 228 g/mol. The van der Waals surface area contributed by atoms with Crippen LogP contribution < -0.4 is 0 Å². The second-order valence-corrected chi connectivity index (χ2v) is 3.83. The maximum absolute atomic E-state index is 11.0. The van der Waals surface area contributed by atoms with Crippen molar-refractivity contribution >= 4 is 29.1 Å². The highest BCUT2D eigenvalue weighted by Gasteiger charge is 2.15. The Morgan fingerprint density at radius 1 is 1.40 bits per heavy atom. The standard InChI is InChI=1S/C9H8O5S/c1-14-9(13)7-3-2-5(15-7)4-6(10)8(11)12/h2-3H,4H2,1H3,(H,11,12). The van der Waals surface area contributed by atoms with Crippen LogP contribution in [0.4, 0.5) is 0 Å². The quantitative estimate of drug-likeness (QED) is 0.607. The molecule has 5 nitrogen and oxygen atoms in total. The van der Waals surface area contributed by atoms with Gasteiger partial charge in [0.15, 0.2) is 0 Å². The first-order chi connectivity index (χ1) is 7.04. The molecule has 0 bridgehead atoms. The molecular formula is C9H8O5S. The van der Waals surface area contributed by atoms with Crippen LogP contribution in [-0.4, -0.2) is 29.9 Å². The van der Waals surface area contributed by atoms with Crippen molar-refractivity contribution in [3.05, 3.63) is 21.9 Å². The highest BCUT2D eigenvalue weighted by atomic mass is 32.1. The smallest absolute Gasteiger partial charge is 0.372 e. The minimum Gasteiger partial charge on any atom is -0.475 e. The van der Waals surface area contributed by atoms with Gasteiger partial charge >= 0.3 is 11.9 Å². The van der Waals surface area contributed by atoms with Crippen molar-refractivity contribution < 1.29 is 24.2 Å². The molecule has 1 N–H and O–H groups in total. The van der Waals surface area contributed by atoms with Crippen molar-refractivity contribution in [1.82, 2.24) is 0 Å². The van der Waals surface area contributed by atoms with E-state index in [0.717, 1.165) is 11.3 Å². The van der Waals surface area contributed by atoms with Crippen LogP contribution in [0.5, 0.6) is 0 Å². The third-order valence-corrected chi connectivity index (χ3v) is 2.69. The van der Waals surface area contributed by atoms with Gasteiger partial charge in [-0.2, -0.15) is 0 Å². The van der Waals surface area contributed by atoms with E-state index in [0.29, 0.717) is 9.75 Å². The van der Waals surface area contributed by atoms with Gasteiger partial charge in [-0.25, -0.2) is 9.59 Å². The van der Waals surface area contributed by atoms with Crippen molar-refractivity contribution in [2.75, 3.05) is 7.11 Å². The first kappa shape index (κ1) is 11.4. The van der Waals surface area contributed by atoms with Gasteiger partial charge in [0.05, 0.1) is 13.5 Å². The summed E-state index contributed by atoms with van der Waals surface area (Å²) in [4.78, 5) is 33.0. The van der Waals surface area contributed by atoms with Crippen LogP contribution in [0.25, 0.3) is 0 Å². The second-order valence-electron chi connectivity index (χ2n) is 2.66. The average molecular weight is 228 g/mol. The van der Waals surface area contributed by atoms with Crippen LogP contribution in [0.3, 0.4) is 0 Å². The molecule has 0 aliphatic carbocycles. The molecule has 0 unspecified atom stereocenters. The summed E-state index contributed by atoms with van der Waals surface area (Å²) < 4.78 is 4.47. The lowest BCUT2D eigenvalue weighted by atomic mass is 10.2. The lowest BCUT2D eigenvalue weighted by molar-refractivity contribution is -0.148. The highest BCUT2D eigenvalue weighted by Crippen LogP contribution is 2.17. The van der Waals surface area contributed by atoms with E-state index in [9.17, 15) is 14.4 Å². The zero-order valence-corrected chi connectivity index (χ0v) is 8.67. The van der Waals surface area contributed by atoms with Crippen molar-refractivity contribution in [2.45, 2.75) is 6.42 Å². The van der Waals surface area contributed by atoms with Crippen molar-refractivity contribution in [1.29, 1.82) is 0 Å². The van der Waals surface area contributed by atoms with Crippen LogP contribution >= 0.6 is 11.3 Å². The summed E-state index contributed by atoms with van der Waals surface area (Å²) >= 11 is 1.05. The average Bonchev–Trinajstić information content (AvgIpc) is 2.65. The first-order valence-corrected chi connectivity index (χ1v) is 4.79. The minimum atomic E-state index is -1.47. The molecule has 1 aromatic rings. The maximum atomic E-state index is 11.0. The number of methoxy groups -OCH3 is 1. The Kier molecular flexibility index (Phi) is 3.56. The SMILES string of the molecule is COC(=O)c1ccc(CC(=O)C(=O)O)s1. The number of ether oxygens (including phenoxy) is 1. The molecule has 1 heterocycles. The Morgan fingerprint density at radius 2 is 2.07 bits per heavy atom. The molecule has 0 radical (unpaired) electrons. The summed E-state index contributed by atoms with van der Waals surface area (Å²) in [7, 11) is 1.25. The predicted molar refractivity (Wildman–Crippen MR) is 52.0 cm³/mol. The fraction of sp³-hybridized carbons (Fsp3) is 0.222. The topological polar surface area (TPSA) is 80.7 Å². The summed E-state index contributed by atoms with van der Waals surface area (Å²) in [6.45, 7) is 0. The summed E-state index contributed by atoms with van der Waals surface area (Å²) in [5, 5.41) is 8.37. The van der Waals surface area contributed by atoms with Gasteiger partial charge in [0, 0.05) is 4.88 Å². The van der Waals surface area contributed by atoms with Crippen LogP contribution in [0, 0.1) is 0 Å². The van der Waals surface area contributed by atoms with Gasteiger partial charge in [0.2, 0.25) is 5.78 Å². The van der Waals surface area contributed by atoms with Crippen LogP contribution in [0.15, 0.2) is 12.1 Å². The number of Topliss-reactive ketones (excluding diaryl/α,β-unsaturated/α-hetero) is 1. The van der Waals surface area contributed by atoms with E-state index in [1.165, 1.54) is 19.2 Å². The number of ketones is 1. The van der Waals surface area contributed by atoms with Crippen molar-refractivity contribution in [3.63, 3.8) is 0 Å². The number of carboxylic acid groups (broad SMARTS) is 1. The number of rotatable bonds is 4. The molecule has 0 spiro atoms. The number of carbonyl (C=O) groups excluding carboxylic acids is 2. The largest absolute Gasteiger partial charge is 0.475 e. The van der Waals surface area contributed by atoms with E-state index in [1.807, 2.05) is 0 Å². The molecule has 0 saturated carbocycles. The van der Waals surface area contributed by atoms with Crippen LogP contribution in [0.2, 0.25) is 0 Å².